The first-order valence-electron chi connectivity index (χ1n) is 8.18. The molecule has 4 heteroatoms. The third-order valence-electron chi connectivity index (χ3n) is 4.19. The number of aryl methyl sites for hydroxylation is 3. The van der Waals surface area contributed by atoms with Crippen LogP contribution in [-0.4, -0.2) is 11.9 Å². The van der Waals surface area contributed by atoms with Crippen LogP contribution in [0.25, 0.3) is 0 Å². The van der Waals surface area contributed by atoms with E-state index in [4.69, 9.17) is 11.6 Å². The number of nitrogens with one attached hydrogen (secondary N) is 2. The van der Waals surface area contributed by atoms with Crippen molar-refractivity contribution in [1.82, 2.24) is 5.32 Å². The third kappa shape index (κ3) is 4.59. The molecule has 0 saturated heterocycles. The molecular weight excluding hydrogens is 320 g/mol. The van der Waals surface area contributed by atoms with Crippen LogP contribution < -0.4 is 10.6 Å². The Hall–Kier alpha value is -1.84. The average molecular weight is 345 g/mol. The number of halogens is 1. The number of benzene rings is 2. The third-order valence-corrected chi connectivity index (χ3v) is 4.44. The standard InChI is InChI=1S/C20H25ClN2O/c1-12-10-13(2)19(14(3)11-12)23-20(24)16(5)22-15(4)17-6-8-18(21)9-7-17/h6-11,15-16,22H,1-5H3,(H,23,24)/t15-,16+/m1/s1. The molecule has 0 aliphatic rings. The normalized spacial score (nSPS) is 13.4. The van der Waals surface area contributed by atoms with Crippen molar-refractivity contribution < 1.29 is 4.79 Å². The zero-order valence-corrected chi connectivity index (χ0v) is 15.7. The van der Waals surface area contributed by atoms with Crippen LogP contribution in [0, 0.1) is 20.8 Å². The molecule has 0 aromatic heterocycles. The van der Waals surface area contributed by atoms with Gasteiger partial charge in [0.1, 0.15) is 0 Å². The lowest BCUT2D eigenvalue weighted by Gasteiger charge is -2.21. The highest BCUT2D eigenvalue weighted by atomic mass is 35.5. The van der Waals surface area contributed by atoms with E-state index >= 15 is 0 Å². The Balaban J connectivity index is 2.03. The van der Waals surface area contributed by atoms with Crippen LogP contribution in [0.3, 0.4) is 0 Å². The van der Waals surface area contributed by atoms with Crippen molar-refractivity contribution in [3.8, 4) is 0 Å². The summed E-state index contributed by atoms with van der Waals surface area (Å²) in [4.78, 5) is 12.5. The molecular formula is C20H25ClN2O. The van der Waals surface area contributed by atoms with E-state index in [2.05, 4.69) is 29.7 Å². The maximum atomic E-state index is 12.5. The lowest BCUT2D eigenvalue weighted by Crippen LogP contribution is -2.39. The molecule has 0 saturated carbocycles. The molecule has 0 aliphatic carbocycles. The molecule has 3 nitrogen and oxygen atoms in total. The Morgan fingerprint density at radius 1 is 1.00 bits per heavy atom. The first-order chi connectivity index (χ1) is 11.3. The minimum Gasteiger partial charge on any atom is -0.324 e. The zero-order valence-electron chi connectivity index (χ0n) is 14.9. The Bertz CT molecular complexity index is 702. The van der Waals surface area contributed by atoms with Gasteiger partial charge in [0.15, 0.2) is 0 Å². The van der Waals surface area contributed by atoms with Gasteiger partial charge in [-0.25, -0.2) is 0 Å². The number of hydrogen-bond donors (Lipinski definition) is 2. The molecule has 0 spiro atoms. The first kappa shape index (κ1) is 18.5. The number of rotatable bonds is 5. The van der Waals surface area contributed by atoms with Crippen molar-refractivity contribution in [3.05, 3.63) is 63.7 Å². The number of hydrogen-bond acceptors (Lipinski definition) is 2. The second-order valence-corrected chi connectivity index (χ2v) is 6.86. The molecule has 0 heterocycles. The molecule has 0 aliphatic heterocycles. The van der Waals surface area contributed by atoms with Gasteiger partial charge in [0.25, 0.3) is 0 Å². The van der Waals surface area contributed by atoms with Crippen molar-refractivity contribution in [3.63, 3.8) is 0 Å². The molecule has 2 rings (SSSR count). The first-order valence-corrected chi connectivity index (χ1v) is 8.56. The molecule has 128 valence electrons. The molecule has 0 fully saturated rings. The summed E-state index contributed by atoms with van der Waals surface area (Å²) in [6.45, 7) is 10.0. The van der Waals surface area contributed by atoms with E-state index in [-0.39, 0.29) is 18.0 Å². The van der Waals surface area contributed by atoms with Gasteiger partial charge in [0.05, 0.1) is 6.04 Å². The van der Waals surface area contributed by atoms with E-state index in [0.29, 0.717) is 5.02 Å². The van der Waals surface area contributed by atoms with E-state index in [9.17, 15) is 4.79 Å². The molecule has 24 heavy (non-hydrogen) atoms. The van der Waals surface area contributed by atoms with E-state index in [1.165, 1.54) is 5.56 Å². The van der Waals surface area contributed by atoms with Gasteiger partial charge in [-0.3, -0.25) is 10.1 Å². The summed E-state index contributed by atoms with van der Waals surface area (Å²) in [7, 11) is 0. The largest absolute Gasteiger partial charge is 0.324 e. The maximum absolute atomic E-state index is 12.5. The molecule has 1 amide bonds. The molecule has 2 atom stereocenters. The second kappa shape index (κ2) is 7.82. The van der Waals surface area contributed by atoms with Crippen molar-refractivity contribution in [1.29, 1.82) is 0 Å². The minimum atomic E-state index is -0.309. The lowest BCUT2D eigenvalue weighted by atomic mass is 10.0. The fraction of sp³-hybridized carbons (Fsp3) is 0.350. The van der Waals surface area contributed by atoms with Crippen molar-refractivity contribution in [2.24, 2.45) is 0 Å². The van der Waals surface area contributed by atoms with Gasteiger partial charge in [0.2, 0.25) is 5.91 Å². The molecule has 2 N–H and O–H groups in total. The summed E-state index contributed by atoms with van der Waals surface area (Å²) >= 11 is 5.92. The second-order valence-electron chi connectivity index (χ2n) is 6.42. The van der Waals surface area contributed by atoms with Crippen LogP contribution >= 0.6 is 11.6 Å². The number of anilines is 1. The van der Waals surface area contributed by atoms with Crippen molar-refractivity contribution >= 4 is 23.2 Å². The predicted molar refractivity (Wildman–Crippen MR) is 102 cm³/mol. The Morgan fingerprint density at radius 2 is 1.54 bits per heavy atom. The summed E-state index contributed by atoms with van der Waals surface area (Å²) in [5.41, 5.74) is 5.36. The van der Waals surface area contributed by atoms with Gasteiger partial charge < -0.3 is 5.32 Å². The van der Waals surface area contributed by atoms with Gasteiger partial charge >= 0.3 is 0 Å². The smallest absolute Gasteiger partial charge is 0.241 e. The number of carbonyl (C=O) groups excluding carboxylic acids is 1. The summed E-state index contributed by atoms with van der Waals surface area (Å²) < 4.78 is 0. The summed E-state index contributed by atoms with van der Waals surface area (Å²) in [5, 5.41) is 7.09. The highest BCUT2D eigenvalue weighted by Crippen LogP contribution is 2.22. The Morgan fingerprint density at radius 3 is 2.08 bits per heavy atom. The fourth-order valence-electron chi connectivity index (χ4n) is 2.91. The van der Waals surface area contributed by atoms with Gasteiger partial charge in [-0.15, -0.1) is 0 Å². The molecule has 0 radical (unpaired) electrons. The van der Waals surface area contributed by atoms with Crippen molar-refractivity contribution in [2.45, 2.75) is 46.7 Å². The van der Waals surface area contributed by atoms with Crippen molar-refractivity contribution in [2.75, 3.05) is 5.32 Å². The predicted octanol–water partition coefficient (Wildman–Crippen LogP) is 4.94. The Labute approximate surface area is 149 Å². The summed E-state index contributed by atoms with van der Waals surface area (Å²) in [6, 6.07) is 11.6. The molecule has 0 unspecified atom stereocenters. The molecule has 2 aromatic carbocycles. The minimum absolute atomic E-state index is 0.0362. The zero-order chi connectivity index (χ0) is 17.9. The SMILES string of the molecule is Cc1cc(C)c(NC(=O)[C@H](C)N[C@H](C)c2ccc(Cl)cc2)c(C)c1. The van der Waals surface area contributed by atoms with Crippen LogP contribution in [0.5, 0.6) is 0 Å². The monoisotopic (exact) mass is 344 g/mol. The van der Waals surface area contributed by atoms with Crippen LogP contribution in [0.4, 0.5) is 5.69 Å². The van der Waals surface area contributed by atoms with Gasteiger partial charge in [-0.2, -0.15) is 0 Å². The van der Waals surface area contributed by atoms with E-state index in [1.807, 2.05) is 52.0 Å². The van der Waals surface area contributed by atoms with E-state index < -0.39 is 0 Å². The fourth-order valence-corrected chi connectivity index (χ4v) is 3.03. The van der Waals surface area contributed by atoms with Crippen LogP contribution in [0.2, 0.25) is 5.02 Å². The Kier molecular flexibility index (Phi) is 6.03. The van der Waals surface area contributed by atoms with E-state index in [0.717, 1.165) is 22.4 Å². The summed E-state index contributed by atoms with van der Waals surface area (Å²) in [6.07, 6.45) is 0. The van der Waals surface area contributed by atoms with Crippen LogP contribution in [0.1, 0.15) is 42.1 Å². The van der Waals surface area contributed by atoms with E-state index in [1.54, 1.807) is 0 Å². The van der Waals surface area contributed by atoms with Gasteiger partial charge in [-0.1, -0.05) is 41.4 Å². The maximum Gasteiger partial charge on any atom is 0.241 e. The topological polar surface area (TPSA) is 41.1 Å². The average Bonchev–Trinajstić information content (AvgIpc) is 2.51. The molecule has 0 bridgehead atoms. The highest BCUT2D eigenvalue weighted by molar-refractivity contribution is 6.30. The highest BCUT2D eigenvalue weighted by Gasteiger charge is 2.18. The number of carbonyl (C=O) groups is 1. The summed E-state index contributed by atoms with van der Waals surface area (Å²) in [5.74, 6) is -0.0362. The van der Waals surface area contributed by atoms with Crippen LogP contribution in [0.15, 0.2) is 36.4 Å². The number of amides is 1. The molecule has 2 aromatic rings. The van der Waals surface area contributed by atoms with Gasteiger partial charge in [0, 0.05) is 16.8 Å². The van der Waals surface area contributed by atoms with Gasteiger partial charge in [-0.05, 0) is 63.4 Å². The van der Waals surface area contributed by atoms with Crippen LogP contribution in [-0.2, 0) is 4.79 Å². The lowest BCUT2D eigenvalue weighted by molar-refractivity contribution is -0.117. The quantitative estimate of drug-likeness (QED) is 0.806.